The van der Waals surface area contributed by atoms with Gasteiger partial charge < -0.3 is 15.0 Å². The van der Waals surface area contributed by atoms with Crippen molar-refractivity contribution in [1.29, 1.82) is 0 Å². The number of anilines is 1. The Labute approximate surface area is 152 Å². The van der Waals surface area contributed by atoms with Gasteiger partial charge in [0.1, 0.15) is 18.9 Å². The normalized spacial score (nSPS) is 13.2. The number of hydrogen-bond donors (Lipinski definition) is 2. The van der Waals surface area contributed by atoms with E-state index >= 15 is 0 Å². The van der Waals surface area contributed by atoms with Crippen molar-refractivity contribution in [2.75, 3.05) is 25.5 Å². The van der Waals surface area contributed by atoms with Gasteiger partial charge in [-0.05, 0) is 37.3 Å². The maximum Gasteiger partial charge on any atom is 0.282 e. The molecule has 2 N–H and O–H groups in total. The van der Waals surface area contributed by atoms with E-state index in [1.165, 1.54) is 0 Å². The van der Waals surface area contributed by atoms with Crippen molar-refractivity contribution in [2.45, 2.75) is 13.0 Å². The Morgan fingerprint density at radius 1 is 1.21 bits per heavy atom. The first-order chi connectivity index (χ1) is 11.5. The van der Waals surface area contributed by atoms with Crippen LogP contribution in [0.15, 0.2) is 48.5 Å². The molecule has 0 aliphatic carbocycles. The molecule has 0 saturated heterocycles. The molecule has 0 saturated carbocycles. The van der Waals surface area contributed by atoms with Crippen molar-refractivity contribution >= 4 is 34.8 Å². The van der Waals surface area contributed by atoms with Crippen LogP contribution in [-0.4, -0.2) is 32.1 Å². The molecule has 1 amide bonds. The average Bonchev–Trinajstić information content (AvgIpc) is 2.58. The van der Waals surface area contributed by atoms with Gasteiger partial charge in [-0.1, -0.05) is 41.4 Å². The topological polar surface area (TPSA) is 42.8 Å². The molecule has 0 bridgehead atoms. The quantitative estimate of drug-likeness (QED) is 0.789. The van der Waals surface area contributed by atoms with E-state index in [-0.39, 0.29) is 11.9 Å². The Morgan fingerprint density at radius 2 is 1.92 bits per heavy atom. The maximum absolute atomic E-state index is 12.4. The summed E-state index contributed by atoms with van der Waals surface area (Å²) < 4.78 is 5.67. The lowest BCUT2D eigenvalue weighted by Crippen LogP contribution is -3.14. The van der Waals surface area contributed by atoms with Gasteiger partial charge in [-0.15, -0.1) is 0 Å². The highest BCUT2D eigenvalue weighted by atomic mass is 35.5. The summed E-state index contributed by atoms with van der Waals surface area (Å²) in [6.07, 6.45) is 0. The van der Waals surface area contributed by atoms with Crippen LogP contribution in [0.2, 0.25) is 10.0 Å². The largest absolute Gasteiger partial charge is 0.488 e. The van der Waals surface area contributed by atoms with E-state index in [4.69, 9.17) is 27.9 Å². The number of carbonyl (C=O) groups excluding carboxylic acids is 1. The lowest BCUT2D eigenvalue weighted by molar-refractivity contribution is -0.894. The van der Waals surface area contributed by atoms with E-state index in [1.807, 2.05) is 44.3 Å². The van der Waals surface area contributed by atoms with Gasteiger partial charge in [0.25, 0.3) is 5.91 Å². The second-order valence-corrected chi connectivity index (χ2v) is 6.44. The summed E-state index contributed by atoms with van der Waals surface area (Å²) in [5.41, 5.74) is 0.523. The number of halogens is 2. The lowest BCUT2D eigenvalue weighted by Gasteiger charge is -2.21. The van der Waals surface area contributed by atoms with Gasteiger partial charge in [0.2, 0.25) is 0 Å². The van der Waals surface area contributed by atoms with Crippen LogP contribution < -0.4 is 15.0 Å². The second-order valence-electron chi connectivity index (χ2n) is 5.59. The van der Waals surface area contributed by atoms with Crippen molar-refractivity contribution in [3.05, 3.63) is 58.6 Å². The Hall–Kier alpha value is -1.75. The highest BCUT2D eigenvalue weighted by Crippen LogP contribution is 2.25. The monoisotopic (exact) mass is 367 g/mol. The molecule has 24 heavy (non-hydrogen) atoms. The first-order valence-corrected chi connectivity index (χ1v) is 8.49. The minimum absolute atomic E-state index is 0.114. The number of hydrogen-bond acceptors (Lipinski definition) is 2. The highest BCUT2D eigenvalue weighted by molar-refractivity contribution is 6.35. The summed E-state index contributed by atoms with van der Waals surface area (Å²) >= 11 is 12.0. The standard InChI is InChI=1S/C18H20Cl2N2O2/c1-13(18(23)21-17-12-14(19)8-9-16(17)20)22(2)10-11-24-15-6-4-3-5-7-15/h3-9,12-13H,10-11H2,1-2H3,(H,21,23)/p+1/t13-/m0/s1. The fourth-order valence-electron chi connectivity index (χ4n) is 2.12. The van der Waals surface area contributed by atoms with Crippen LogP contribution in [0.4, 0.5) is 5.69 Å². The molecule has 1 unspecified atom stereocenters. The molecule has 0 radical (unpaired) electrons. The third kappa shape index (κ3) is 5.41. The van der Waals surface area contributed by atoms with E-state index in [2.05, 4.69) is 5.32 Å². The van der Waals surface area contributed by atoms with Crippen LogP contribution in [0.5, 0.6) is 5.75 Å². The number of amides is 1. The molecule has 0 aromatic heterocycles. The van der Waals surface area contributed by atoms with E-state index in [0.29, 0.717) is 28.9 Å². The Bertz CT molecular complexity index is 680. The van der Waals surface area contributed by atoms with Gasteiger partial charge in [-0.25, -0.2) is 0 Å². The highest BCUT2D eigenvalue weighted by Gasteiger charge is 2.22. The molecule has 128 valence electrons. The van der Waals surface area contributed by atoms with Crippen molar-refractivity contribution in [3.8, 4) is 5.75 Å². The van der Waals surface area contributed by atoms with Gasteiger partial charge in [0, 0.05) is 5.02 Å². The van der Waals surface area contributed by atoms with Crippen LogP contribution in [-0.2, 0) is 4.79 Å². The minimum Gasteiger partial charge on any atom is -0.488 e. The molecule has 0 aliphatic heterocycles. The number of likely N-dealkylation sites (N-methyl/N-ethyl adjacent to an activating group) is 1. The number of carbonyl (C=O) groups is 1. The maximum atomic E-state index is 12.4. The molecule has 2 rings (SSSR count). The van der Waals surface area contributed by atoms with E-state index < -0.39 is 0 Å². The zero-order valence-corrected chi connectivity index (χ0v) is 15.2. The van der Waals surface area contributed by atoms with Gasteiger partial charge in [-0.2, -0.15) is 0 Å². The van der Waals surface area contributed by atoms with Crippen LogP contribution >= 0.6 is 23.2 Å². The van der Waals surface area contributed by atoms with Gasteiger partial charge >= 0.3 is 0 Å². The molecular weight excluding hydrogens is 347 g/mol. The average molecular weight is 368 g/mol. The van der Waals surface area contributed by atoms with Crippen molar-refractivity contribution < 1.29 is 14.4 Å². The summed E-state index contributed by atoms with van der Waals surface area (Å²) in [6, 6.07) is 14.3. The van der Waals surface area contributed by atoms with Crippen LogP contribution in [0.1, 0.15) is 6.92 Å². The number of para-hydroxylation sites is 1. The molecule has 0 fully saturated rings. The number of benzene rings is 2. The van der Waals surface area contributed by atoms with E-state index in [1.54, 1.807) is 18.2 Å². The molecule has 0 heterocycles. The Morgan fingerprint density at radius 3 is 2.62 bits per heavy atom. The lowest BCUT2D eigenvalue weighted by atomic mass is 10.2. The van der Waals surface area contributed by atoms with Crippen LogP contribution in [0, 0.1) is 0 Å². The van der Waals surface area contributed by atoms with Gasteiger partial charge in [-0.3, -0.25) is 4.79 Å². The predicted molar refractivity (Wildman–Crippen MR) is 98.2 cm³/mol. The summed E-state index contributed by atoms with van der Waals surface area (Å²) in [5, 5.41) is 3.81. The zero-order chi connectivity index (χ0) is 17.5. The summed E-state index contributed by atoms with van der Waals surface area (Å²) in [7, 11) is 1.96. The number of rotatable bonds is 7. The van der Waals surface area contributed by atoms with E-state index in [0.717, 1.165) is 10.6 Å². The summed E-state index contributed by atoms with van der Waals surface area (Å²) in [6.45, 7) is 3.10. The molecule has 2 aromatic rings. The smallest absolute Gasteiger partial charge is 0.282 e. The fourth-order valence-corrected chi connectivity index (χ4v) is 2.46. The van der Waals surface area contributed by atoms with Crippen molar-refractivity contribution in [1.82, 2.24) is 0 Å². The van der Waals surface area contributed by atoms with E-state index in [9.17, 15) is 4.79 Å². The third-order valence-electron chi connectivity index (χ3n) is 3.83. The molecular formula is C18H21Cl2N2O2+. The van der Waals surface area contributed by atoms with Crippen LogP contribution in [0.25, 0.3) is 0 Å². The van der Waals surface area contributed by atoms with Crippen molar-refractivity contribution in [3.63, 3.8) is 0 Å². The summed E-state index contributed by atoms with van der Waals surface area (Å²) in [4.78, 5) is 13.4. The number of quaternary nitrogens is 1. The third-order valence-corrected chi connectivity index (χ3v) is 4.39. The molecule has 0 spiro atoms. The molecule has 0 aliphatic rings. The summed E-state index contributed by atoms with van der Waals surface area (Å²) in [5.74, 6) is 0.712. The first-order valence-electron chi connectivity index (χ1n) is 7.73. The predicted octanol–water partition coefficient (Wildman–Crippen LogP) is 2.91. The second kappa shape index (κ2) is 8.92. The SMILES string of the molecule is C[C@@H](C(=O)Nc1cc(Cl)ccc1Cl)[NH+](C)CCOc1ccccc1. The van der Waals surface area contributed by atoms with Crippen molar-refractivity contribution in [2.24, 2.45) is 0 Å². The molecule has 2 aromatic carbocycles. The first kappa shape index (κ1) is 18.6. The van der Waals surface area contributed by atoms with Gasteiger partial charge in [0.15, 0.2) is 6.04 Å². The Balaban J connectivity index is 1.84. The fraction of sp³-hybridized carbons (Fsp3) is 0.278. The molecule has 2 atom stereocenters. The zero-order valence-electron chi connectivity index (χ0n) is 13.7. The van der Waals surface area contributed by atoms with Gasteiger partial charge in [0.05, 0.1) is 17.8 Å². The number of nitrogens with one attached hydrogen (secondary N) is 2. The minimum atomic E-state index is -0.251. The number of ether oxygens (including phenoxy) is 1. The molecule has 6 heteroatoms. The van der Waals surface area contributed by atoms with Crippen LogP contribution in [0.3, 0.4) is 0 Å². The molecule has 4 nitrogen and oxygen atoms in total. The Kier molecular flexibility index (Phi) is 6.91.